The van der Waals surface area contributed by atoms with Crippen LogP contribution in [0.25, 0.3) is 0 Å². The van der Waals surface area contributed by atoms with Gasteiger partial charge < -0.3 is 0 Å². The van der Waals surface area contributed by atoms with Gasteiger partial charge in [0.25, 0.3) is 0 Å². The summed E-state index contributed by atoms with van der Waals surface area (Å²) >= 11 is 0. The Hall–Kier alpha value is -1.03. The average molecular weight is 136 g/mol. The Kier molecular flexibility index (Phi) is 3.49. The molecule has 0 amide bonds. The van der Waals surface area contributed by atoms with Crippen molar-refractivity contribution in [3.63, 3.8) is 0 Å². The lowest BCUT2D eigenvalue weighted by Gasteiger charge is -1.88. The molecule has 10 heavy (non-hydrogen) atoms. The molecule has 0 N–H and O–H groups in total. The van der Waals surface area contributed by atoms with Gasteiger partial charge in [0.15, 0.2) is 0 Å². The van der Waals surface area contributed by atoms with Crippen molar-refractivity contribution in [1.82, 2.24) is 0 Å². The van der Waals surface area contributed by atoms with Crippen molar-refractivity contribution in [2.24, 2.45) is 0 Å². The Morgan fingerprint density at radius 3 is 1.80 bits per heavy atom. The molecule has 0 aliphatic carbocycles. The molecule has 0 aliphatic rings. The number of rotatable bonds is 0. The van der Waals surface area contributed by atoms with Crippen molar-refractivity contribution in [2.75, 3.05) is 0 Å². The summed E-state index contributed by atoms with van der Waals surface area (Å²) < 4.78 is 0. The third kappa shape index (κ3) is 3.91. The monoisotopic (exact) mass is 136 g/mol. The number of hydrogen-bond acceptors (Lipinski definition) is 1. The van der Waals surface area contributed by atoms with E-state index in [1.807, 2.05) is 20.8 Å². The molecule has 0 saturated carbocycles. The van der Waals surface area contributed by atoms with Gasteiger partial charge in [0.2, 0.25) is 5.78 Å². The predicted molar refractivity (Wildman–Crippen MR) is 42.5 cm³/mol. The van der Waals surface area contributed by atoms with Crippen LogP contribution in [0, 0.1) is 11.8 Å². The molecule has 0 saturated heterocycles. The minimum atomic E-state index is -0.0828. The summed E-state index contributed by atoms with van der Waals surface area (Å²) in [6, 6.07) is 0. The maximum absolute atomic E-state index is 10.4. The van der Waals surface area contributed by atoms with E-state index in [4.69, 9.17) is 0 Å². The molecule has 0 rings (SSSR count). The largest absolute Gasteiger partial charge is 0.285 e. The van der Waals surface area contributed by atoms with E-state index >= 15 is 0 Å². The Morgan fingerprint density at radius 1 is 1.00 bits per heavy atom. The first-order valence-corrected chi connectivity index (χ1v) is 3.20. The van der Waals surface area contributed by atoms with Crippen molar-refractivity contribution < 1.29 is 4.79 Å². The van der Waals surface area contributed by atoms with E-state index in [2.05, 4.69) is 11.8 Å². The van der Waals surface area contributed by atoms with Crippen LogP contribution in [0.4, 0.5) is 0 Å². The summed E-state index contributed by atoms with van der Waals surface area (Å²) in [4.78, 5) is 10.4. The van der Waals surface area contributed by atoms with Crippen molar-refractivity contribution in [3.8, 4) is 11.8 Å². The second-order valence-corrected chi connectivity index (χ2v) is 2.43. The topological polar surface area (TPSA) is 17.1 Å². The number of carbonyl (C=O) groups is 1. The van der Waals surface area contributed by atoms with E-state index in [0.717, 1.165) is 11.1 Å². The zero-order valence-corrected chi connectivity index (χ0v) is 6.91. The van der Waals surface area contributed by atoms with Gasteiger partial charge in [0.05, 0.1) is 0 Å². The zero-order chi connectivity index (χ0) is 8.15. The molecule has 0 aromatic carbocycles. The van der Waals surface area contributed by atoms with E-state index in [9.17, 15) is 4.79 Å². The molecule has 0 aromatic heterocycles. The third-order valence-electron chi connectivity index (χ3n) is 1.18. The molecule has 0 unspecified atom stereocenters. The van der Waals surface area contributed by atoms with Crippen LogP contribution in [0.3, 0.4) is 0 Å². The van der Waals surface area contributed by atoms with Gasteiger partial charge in [0, 0.05) is 6.92 Å². The van der Waals surface area contributed by atoms with Gasteiger partial charge in [-0.2, -0.15) is 0 Å². The molecule has 0 atom stereocenters. The summed E-state index contributed by atoms with van der Waals surface area (Å²) in [6.07, 6.45) is 0. The second kappa shape index (κ2) is 3.90. The van der Waals surface area contributed by atoms with Crippen LogP contribution in [0.15, 0.2) is 11.1 Å². The number of carbonyl (C=O) groups excluding carboxylic acids is 1. The summed E-state index contributed by atoms with van der Waals surface area (Å²) in [5.74, 6) is 5.16. The number of ketones is 1. The fourth-order valence-electron chi connectivity index (χ4n) is 0.307. The van der Waals surface area contributed by atoms with E-state index in [1.165, 1.54) is 6.92 Å². The van der Waals surface area contributed by atoms with Crippen LogP contribution >= 0.6 is 0 Å². The normalized spacial score (nSPS) is 7.60. The predicted octanol–water partition coefficient (Wildman–Crippen LogP) is 1.94. The molecule has 0 fully saturated rings. The van der Waals surface area contributed by atoms with Gasteiger partial charge in [-0.05, 0) is 32.3 Å². The highest BCUT2D eigenvalue weighted by Crippen LogP contribution is 1.98. The summed E-state index contributed by atoms with van der Waals surface area (Å²) in [5.41, 5.74) is 2.14. The quantitative estimate of drug-likeness (QED) is 0.367. The van der Waals surface area contributed by atoms with Crippen molar-refractivity contribution in [3.05, 3.63) is 11.1 Å². The molecule has 0 spiro atoms. The minimum Gasteiger partial charge on any atom is -0.285 e. The SMILES string of the molecule is CC(=O)C#CC(C)=C(C)C. The Balaban J connectivity index is 4.34. The van der Waals surface area contributed by atoms with Crippen LogP contribution in [0.1, 0.15) is 27.7 Å². The smallest absolute Gasteiger partial charge is 0.202 e. The molecule has 1 heteroatoms. The molecule has 1 nitrogen and oxygen atoms in total. The molecule has 0 radical (unpaired) electrons. The summed E-state index contributed by atoms with van der Waals surface area (Å²) in [7, 11) is 0. The summed E-state index contributed by atoms with van der Waals surface area (Å²) in [5, 5.41) is 0. The van der Waals surface area contributed by atoms with Crippen molar-refractivity contribution in [1.29, 1.82) is 0 Å². The number of allylic oxidation sites excluding steroid dienone is 2. The highest BCUT2D eigenvalue weighted by molar-refractivity contribution is 5.93. The maximum atomic E-state index is 10.4. The molecule has 54 valence electrons. The van der Waals surface area contributed by atoms with Gasteiger partial charge in [0.1, 0.15) is 0 Å². The lowest BCUT2D eigenvalue weighted by Crippen LogP contribution is -1.82. The first kappa shape index (κ1) is 8.97. The Labute approximate surface area is 62.1 Å². The third-order valence-corrected chi connectivity index (χ3v) is 1.18. The van der Waals surface area contributed by atoms with E-state index in [-0.39, 0.29) is 5.78 Å². The highest BCUT2D eigenvalue weighted by Gasteiger charge is 1.84. The lowest BCUT2D eigenvalue weighted by atomic mass is 10.2. The van der Waals surface area contributed by atoms with Crippen LogP contribution < -0.4 is 0 Å². The number of Topliss-reactive ketones (excluding diaryl/α,β-unsaturated/α-hetero) is 1. The fourth-order valence-corrected chi connectivity index (χ4v) is 0.307. The van der Waals surface area contributed by atoms with Gasteiger partial charge in [-0.15, -0.1) is 0 Å². The Bertz CT molecular complexity index is 219. The molecule has 0 aromatic rings. The van der Waals surface area contributed by atoms with Crippen LogP contribution in [-0.2, 0) is 4.79 Å². The van der Waals surface area contributed by atoms with Crippen LogP contribution in [0.2, 0.25) is 0 Å². The molecule has 0 aliphatic heterocycles. The fraction of sp³-hybridized carbons (Fsp3) is 0.444. The maximum Gasteiger partial charge on any atom is 0.202 e. The van der Waals surface area contributed by atoms with Gasteiger partial charge in [-0.3, -0.25) is 4.79 Å². The first-order valence-electron chi connectivity index (χ1n) is 3.20. The average Bonchev–Trinajstić information content (AvgIpc) is 1.82. The standard InChI is InChI=1S/C9H12O/c1-7(2)8(3)5-6-9(4)10/h1-4H3. The van der Waals surface area contributed by atoms with Gasteiger partial charge >= 0.3 is 0 Å². The van der Waals surface area contributed by atoms with Crippen molar-refractivity contribution >= 4 is 5.78 Å². The van der Waals surface area contributed by atoms with Gasteiger partial charge in [-0.25, -0.2) is 0 Å². The molecular weight excluding hydrogens is 124 g/mol. The van der Waals surface area contributed by atoms with E-state index < -0.39 is 0 Å². The number of hydrogen-bond donors (Lipinski definition) is 0. The minimum absolute atomic E-state index is 0.0828. The highest BCUT2D eigenvalue weighted by atomic mass is 16.1. The van der Waals surface area contributed by atoms with E-state index in [1.54, 1.807) is 0 Å². The molecular formula is C9H12O. The lowest BCUT2D eigenvalue weighted by molar-refractivity contribution is -0.111. The molecule has 0 bridgehead atoms. The van der Waals surface area contributed by atoms with E-state index in [0.29, 0.717) is 0 Å². The van der Waals surface area contributed by atoms with Crippen molar-refractivity contribution in [2.45, 2.75) is 27.7 Å². The second-order valence-electron chi connectivity index (χ2n) is 2.43. The molecule has 0 heterocycles. The first-order chi connectivity index (χ1) is 4.54. The van der Waals surface area contributed by atoms with Crippen LogP contribution in [0.5, 0.6) is 0 Å². The Morgan fingerprint density at radius 2 is 1.50 bits per heavy atom. The van der Waals surface area contributed by atoms with Gasteiger partial charge in [-0.1, -0.05) is 11.5 Å². The zero-order valence-electron chi connectivity index (χ0n) is 6.91. The van der Waals surface area contributed by atoms with Crippen LogP contribution in [-0.4, -0.2) is 5.78 Å². The summed E-state index contributed by atoms with van der Waals surface area (Å²) in [6.45, 7) is 7.32.